The summed E-state index contributed by atoms with van der Waals surface area (Å²) in [5, 5.41) is 1.80. The van der Waals surface area contributed by atoms with Gasteiger partial charge in [0.05, 0.1) is 0 Å². The molecule has 2 heterocycles. The molecule has 1 saturated heterocycles. The average Bonchev–Trinajstić information content (AvgIpc) is 3.05. The van der Waals surface area contributed by atoms with Gasteiger partial charge in [0.2, 0.25) is 5.91 Å². The van der Waals surface area contributed by atoms with E-state index in [2.05, 4.69) is 29.2 Å². The highest BCUT2D eigenvalue weighted by Gasteiger charge is 2.21. The summed E-state index contributed by atoms with van der Waals surface area (Å²) in [6, 6.07) is 18.3. The van der Waals surface area contributed by atoms with Crippen molar-refractivity contribution in [3.05, 3.63) is 71.4 Å². The molecule has 134 valence electrons. The summed E-state index contributed by atoms with van der Waals surface area (Å²) in [5.74, 6) is 0.168. The molecule has 3 aromatic rings. The van der Waals surface area contributed by atoms with Crippen LogP contribution >= 0.6 is 11.6 Å². The van der Waals surface area contributed by atoms with E-state index in [1.165, 1.54) is 5.56 Å². The summed E-state index contributed by atoms with van der Waals surface area (Å²) in [6.07, 6.45) is 1.96. The third-order valence-corrected chi connectivity index (χ3v) is 5.25. The quantitative estimate of drug-likeness (QED) is 0.704. The van der Waals surface area contributed by atoms with Crippen LogP contribution in [0.2, 0.25) is 5.02 Å². The van der Waals surface area contributed by atoms with E-state index in [0.717, 1.165) is 43.6 Å². The maximum absolute atomic E-state index is 12.7. The monoisotopic (exact) mass is 367 g/mol. The SMILES string of the molecule is O=C(Cn1ccc2ccc(Cl)cc21)N1CCN(Cc2ccccc2)CC1. The Kier molecular flexibility index (Phi) is 4.96. The first-order valence-corrected chi connectivity index (χ1v) is 9.35. The van der Waals surface area contributed by atoms with Gasteiger partial charge in [0, 0.05) is 49.5 Å². The number of aromatic nitrogens is 1. The molecule has 1 aliphatic rings. The van der Waals surface area contributed by atoms with E-state index in [1.807, 2.05) is 46.0 Å². The van der Waals surface area contributed by atoms with Crippen molar-refractivity contribution in [3.63, 3.8) is 0 Å². The highest BCUT2D eigenvalue weighted by molar-refractivity contribution is 6.31. The molecule has 2 aromatic carbocycles. The van der Waals surface area contributed by atoms with E-state index in [0.29, 0.717) is 11.6 Å². The molecule has 0 saturated carbocycles. The van der Waals surface area contributed by atoms with E-state index in [9.17, 15) is 4.79 Å². The lowest BCUT2D eigenvalue weighted by Gasteiger charge is -2.35. The number of carbonyl (C=O) groups is 1. The number of fused-ring (bicyclic) bond motifs is 1. The van der Waals surface area contributed by atoms with Gasteiger partial charge in [-0.05, 0) is 29.1 Å². The maximum Gasteiger partial charge on any atom is 0.242 e. The molecule has 0 bridgehead atoms. The van der Waals surface area contributed by atoms with Crippen LogP contribution in [0.5, 0.6) is 0 Å². The predicted molar refractivity (Wildman–Crippen MR) is 105 cm³/mol. The van der Waals surface area contributed by atoms with Crippen LogP contribution < -0.4 is 0 Å². The number of carbonyl (C=O) groups excluding carboxylic acids is 1. The van der Waals surface area contributed by atoms with Gasteiger partial charge in [0.15, 0.2) is 0 Å². The Balaban J connectivity index is 1.35. The van der Waals surface area contributed by atoms with Gasteiger partial charge in [-0.15, -0.1) is 0 Å². The second kappa shape index (κ2) is 7.52. The fourth-order valence-corrected chi connectivity index (χ4v) is 3.70. The Morgan fingerprint density at radius 2 is 1.73 bits per heavy atom. The lowest BCUT2D eigenvalue weighted by Crippen LogP contribution is -2.49. The van der Waals surface area contributed by atoms with E-state index >= 15 is 0 Å². The molecule has 4 nitrogen and oxygen atoms in total. The molecular weight excluding hydrogens is 346 g/mol. The van der Waals surface area contributed by atoms with Crippen molar-refractivity contribution in [1.29, 1.82) is 0 Å². The van der Waals surface area contributed by atoms with Gasteiger partial charge in [-0.25, -0.2) is 0 Å². The van der Waals surface area contributed by atoms with Crippen molar-refractivity contribution in [2.45, 2.75) is 13.1 Å². The Morgan fingerprint density at radius 1 is 0.962 bits per heavy atom. The first kappa shape index (κ1) is 17.1. The van der Waals surface area contributed by atoms with Gasteiger partial charge in [-0.1, -0.05) is 48.0 Å². The molecule has 0 spiro atoms. The standard InChI is InChI=1S/C21H22ClN3O/c22-19-7-6-18-8-9-25(20(18)14-19)16-21(26)24-12-10-23(11-13-24)15-17-4-2-1-3-5-17/h1-9,14H,10-13,15-16H2. The van der Waals surface area contributed by atoms with E-state index in [-0.39, 0.29) is 5.91 Å². The molecule has 1 aromatic heterocycles. The topological polar surface area (TPSA) is 28.5 Å². The minimum absolute atomic E-state index is 0.168. The summed E-state index contributed by atoms with van der Waals surface area (Å²) in [7, 11) is 0. The number of hydrogen-bond donors (Lipinski definition) is 0. The number of rotatable bonds is 4. The van der Waals surface area contributed by atoms with Gasteiger partial charge in [-0.2, -0.15) is 0 Å². The average molecular weight is 368 g/mol. The zero-order chi connectivity index (χ0) is 17.9. The highest BCUT2D eigenvalue weighted by Crippen LogP contribution is 2.21. The van der Waals surface area contributed by atoms with Crippen LogP contribution in [0.4, 0.5) is 0 Å². The van der Waals surface area contributed by atoms with Crippen molar-refractivity contribution < 1.29 is 4.79 Å². The van der Waals surface area contributed by atoms with Crippen molar-refractivity contribution >= 4 is 28.4 Å². The minimum Gasteiger partial charge on any atom is -0.339 e. The summed E-state index contributed by atoms with van der Waals surface area (Å²) in [5.41, 5.74) is 2.33. The zero-order valence-electron chi connectivity index (χ0n) is 14.6. The molecule has 26 heavy (non-hydrogen) atoms. The normalized spacial score (nSPS) is 15.5. The maximum atomic E-state index is 12.7. The lowest BCUT2D eigenvalue weighted by molar-refractivity contribution is -0.133. The summed E-state index contributed by atoms with van der Waals surface area (Å²) in [4.78, 5) is 17.1. The van der Waals surface area contributed by atoms with Crippen molar-refractivity contribution in [2.75, 3.05) is 26.2 Å². The summed E-state index contributed by atoms with van der Waals surface area (Å²) < 4.78 is 1.99. The third-order valence-electron chi connectivity index (χ3n) is 5.02. The largest absolute Gasteiger partial charge is 0.339 e. The molecule has 4 rings (SSSR count). The van der Waals surface area contributed by atoms with Crippen LogP contribution in [-0.2, 0) is 17.9 Å². The molecule has 0 N–H and O–H groups in total. The molecule has 1 fully saturated rings. The molecule has 0 unspecified atom stereocenters. The number of halogens is 1. The van der Waals surface area contributed by atoms with Crippen molar-refractivity contribution in [1.82, 2.24) is 14.4 Å². The molecule has 1 aliphatic heterocycles. The molecule has 0 radical (unpaired) electrons. The molecule has 5 heteroatoms. The fourth-order valence-electron chi connectivity index (χ4n) is 3.54. The van der Waals surface area contributed by atoms with Crippen molar-refractivity contribution in [2.24, 2.45) is 0 Å². The zero-order valence-corrected chi connectivity index (χ0v) is 15.4. The number of piperazine rings is 1. The van der Waals surface area contributed by atoms with Gasteiger partial charge < -0.3 is 9.47 Å². The Morgan fingerprint density at radius 3 is 2.50 bits per heavy atom. The predicted octanol–water partition coefficient (Wildman–Crippen LogP) is 3.64. The van der Waals surface area contributed by atoms with E-state index < -0.39 is 0 Å². The first-order valence-electron chi connectivity index (χ1n) is 8.97. The first-order chi connectivity index (χ1) is 12.7. The molecule has 0 aliphatic carbocycles. The Bertz CT molecular complexity index is 898. The van der Waals surface area contributed by atoms with Crippen LogP contribution in [0.15, 0.2) is 60.8 Å². The minimum atomic E-state index is 0.168. The number of benzene rings is 2. The second-order valence-corrected chi connectivity index (χ2v) is 7.23. The number of amides is 1. The van der Waals surface area contributed by atoms with Gasteiger partial charge >= 0.3 is 0 Å². The van der Waals surface area contributed by atoms with Crippen LogP contribution in [0.3, 0.4) is 0 Å². The Labute approximate surface area is 158 Å². The number of nitrogens with zero attached hydrogens (tertiary/aromatic N) is 3. The highest BCUT2D eigenvalue weighted by atomic mass is 35.5. The molecular formula is C21H22ClN3O. The van der Waals surface area contributed by atoms with Gasteiger partial charge in [0.1, 0.15) is 6.54 Å². The second-order valence-electron chi connectivity index (χ2n) is 6.79. The molecule has 0 atom stereocenters. The van der Waals surface area contributed by atoms with E-state index in [1.54, 1.807) is 0 Å². The van der Waals surface area contributed by atoms with Crippen molar-refractivity contribution in [3.8, 4) is 0 Å². The third kappa shape index (κ3) is 3.76. The Hall–Kier alpha value is -2.30. The van der Waals surface area contributed by atoms with Crippen LogP contribution in [-0.4, -0.2) is 46.5 Å². The summed E-state index contributed by atoms with van der Waals surface area (Å²) in [6.45, 7) is 4.71. The molecule has 1 amide bonds. The number of hydrogen-bond acceptors (Lipinski definition) is 2. The smallest absolute Gasteiger partial charge is 0.242 e. The lowest BCUT2D eigenvalue weighted by atomic mass is 10.2. The van der Waals surface area contributed by atoms with Crippen LogP contribution in [0, 0.1) is 0 Å². The van der Waals surface area contributed by atoms with Crippen LogP contribution in [0.25, 0.3) is 10.9 Å². The van der Waals surface area contributed by atoms with Gasteiger partial charge in [-0.3, -0.25) is 9.69 Å². The van der Waals surface area contributed by atoms with Crippen LogP contribution in [0.1, 0.15) is 5.56 Å². The van der Waals surface area contributed by atoms with E-state index in [4.69, 9.17) is 11.6 Å². The fraction of sp³-hybridized carbons (Fsp3) is 0.286. The summed E-state index contributed by atoms with van der Waals surface area (Å²) >= 11 is 6.10. The van der Waals surface area contributed by atoms with Gasteiger partial charge in [0.25, 0.3) is 0 Å².